The van der Waals surface area contributed by atoms with Crippen LogP contribution < -0.4 is 5.32 Å². The highest BCUT2D eigenvalue weighted by molar-refractivity contribution is 4.95. The lowest BCUT2D eigenvalue weighted by atomic mass is 9.84. The molecule has 100 valence electrons. The first-order valence-corrected chi connectivity index (χ1v) is 6.87. The molecule has 0 aliphatic heterocycles. The third kappa shape index (κ3) is 5.10. The van der Waals surface area contributed by atoms with E-state index in [2.05, 4.69) is 51.0 Å². The van der Waals surface area contributed by atoms with Crippen LogP contribution in [0.2, 0.25) is 0 Å². The topological polar surface area (TPSA) is 15.3 Å². The van der Waals surface area contributed by atoms with Crippen molar-refractivity contribution in [3.05, 3.63) is 0 Å². The summed E-state index contributed by atoms with van der Waals surface area (Å²) in [6.07, 6.45) is 10.8. The van der Waals surface area contributed by atoms with Gasteiger partial charge in [0.05, 0.1) is 0 Å². The first-order valence-electron chi connectivity index (χ1n) is 6.87. The maximum absolute atomic E-state index is 5.34. The molecule has 17 heavy (non-hydrogen) atoms. The lowest BCUT2D eigenvalue weighted by Gasteiger charge is -2.43. The van der Waals surface area contributed by atoms with Gasteiger partial charge in [0, 0.05) is 18.0 Å². The van der Waals surface area contributed by atoms with Gasteiger partial charge in [0.2, 0.25) is 0 Å². The Morgan fingerprint density at radius 2 is 2.00 bits per heavy atom. The van der Waals surface area contributed by atoms with E-state index in [0.717, 1.165) is 32.2 Å². The summed E-state index contributed by atoms with van der Waals surface area (Å²) in [4.78, 5) is 2.34. The van der Waals surface area contributed by atoms with Gasteiger partial charge in [-0.15, -0.1) is 12.3 Å². The molecular weight excluding hydrogens is 208 g/mol. The summed E-state index contributed by atoms with van der Waals surface area (Å²) < 4.78 is 0. The third-order valence-corrected chi connectivity index (χ3v) is 3.94. The molecule has 2 unspecified atom stereocenters. The monoisotopic (exact) mass is 238 g/mol. The largest absolute Gasteiger partial charge is 0.312 e. The maximum Gasteiger partial charge on any atom is 0.0325 e. The van der Waals surface area contributed by atoms with Crippen molar-refractivity contribution < 1.29 is 0 Å². The highest BCUT2D eigenvalue weighted by Crippen LogP contribution is 2.24. The van der Waals surface area contributed by atoms with Gasteiger partial charge in [0.1, 0.15) is 0 Å². The smallest absolute Gasteiger partial charge is 0.0325 e. The van der Waals surface area contributed by atoms with Gasteiger partial charge in [0.15, 0.2) is 0 Å². The molecule has 0 saturated heterocycles. The minimum atomic E-state index is 0.212. The van der Waals surface area contributed by atoms with E-state index in [1.54, 1.807) is 0 Å². The maximum atomic E-state index is 5.34. The van der Waals surface area contributed by atoms with Crippen LogP contribution in [0, 0.1) is 12.3 Å². The first kappa shape index (κ1) is 16.5. The number of likely N-dealkylation sites (N-methyl/N-ethyl adjacent to an activating group) is 1. The zero-order valence-corrected chi connectivity index (χ0v) is 12.3. The van der Waals surface area contributed by atoms with Crippen LogP contribution in [0.3, 0.4) is 0 Å². The van der Waals surface area contributed by atoms with Crippen molar-refractivity contribution in [3.8, 4) is 12.3 Å². The van der Waals surface area contributed by atoms with Crippen molar-refractivity contribution in [2.24, 2.45) is 0 Å². The van der Waals surface area contributed by atoms with Gasteiger partial charge >= 0.3 is 0 Å². The molecule has 0 aromatic rings. The molecule has 0 aliphatic rings. The van der Waals surface area contributed by atoms with Crippen LogP contribution in [0.15, 0.2) is 0 Å². The van der Waals surface area contributed by atoms with E-state index >= 15 is 0 Å². The van der Waals surface area contributed by atoms with E-state index in [9.17, 15) is 0 Å². The fraction of sp³-hybridized carbons (Fsp3) is 0.867. The lowest BCUT2D eigenvalue weighted by molar-refractivity contribution is 0.107. The van der Waals surface area contributed by atoms with Crippen LogP contribution in [0.5, 0.6) is 0 Å². The van der Waals surface area contributed by atoms with Gasteiger partial charge < -0.3 is 10.2 Å². The van der Waals surface area contributed by atoms with E-state index in [1.807, 2.05) is 0 Å². The molecule has 0 heterocycles. The second-order valence-electron chi connectivity index (χ2n) is 5.21. The Bertz CT molecular complexity index is 230. The Balaban J connectivity index is 4.57. The number of nitrogens with one attached hydrogen (secondary N) is 1. The standard InChI is InChI=1S/C15H30N2/c1-7-10-11-12-14(16-13-8-2)15(4,9-3)17(5)6/h1,14,16H,8-13H2,2-6H3. The van der Waals surface area contributed by atoms with Crippen LogP contribution in [0.25, 0.3) is 0 Å². The zero-order valence-electron chi connectivity index (χ0n) is 12.3. The summed E-state index contributed by atoms with van der Waals surface area (Å²) in [6, 6.07) is 0.524. The summed E-state index contributed by atoms with van der Waals surface area (Å²) in [6.45, 7) is 7.91. The Hall–Kier alpha value is -0.520. The molecule has 2 heteroatoms. The molecule has 0 bridgehead atoms. The lowest BCUT2D eigenvalue weighted by Crippen LogP contribution is -2.56. The molecular formula is C15H30N2. The van der Waals surface area contributed by atoms with E-state index in [0.29, 0.717) is 6.04 Å². The SMILES string of the molecule is C#CCCCC(NCCC)C(C)(CC)N(C)C. The second kappa shape index (κ2) is 8.55. The number of hydrogen-bond donors (Lipinski definition) is 1. The molecule has 0 aromatic heterocycles. The van der Waals surface area contributed by atoms with Crippen LogP contribution in [0.4, 0.5) is 0 Å². The van der Waals surface area contributed by atoms with Crippen molar-refractivity contribution in [1.82, 2.24) is 10.2 Å². The van der Waals surface area contributed by atoms with Gasteiger partial charge in [-0.3, -0.25) is 0 Å². The minimum absolute atomic E-state index is 0.212. The van der Waals surface area contributed by atoms with E-state index in [4.69, 9.17) is 6.42 Å². The Morgan fingerprint density at radius 1 is 1.35 bits per heavy atom. The van der Waals surface area contributed by atoms with Crippen molar-refractivity contribution in [3.63, 3.8) is 0 Å². The van der Waals surface area contributed by atoms with Crippen LogP contribution in [-0.2, 0) is 0 Å². The Kier molecular flexibility index (Phi) is 8.29. The number of nitrogens with zero attached hydrogens (tertiary/aromatic N) is 1. The average molecular weight is 238 g/mol. The van der Waals surface area contributed by atoms with Crippen molar-refractivity contribution in [2.75, 3.05) is 20.6 Å². The third-order valence-electron chi connectivity index (χ3n) is 3.94. The molecule has 1 N–H and O–H groups in total. The Labute approximate surface area is 108 Å². The quantitative estimate of drug-likeness (QED) is 0.491. The summed E-state index contributed by atoms with van der Waals surface area (Å²) >= 11 is 0. The van der Waals surface area contributed by atoms with Crippen LogP contribution in [0.1, 0.15) is 52.9 Å². The number of hydrogen-bond acceptors (Lipinski definition) is 2. The fourth-order valence-corrected chi connectivity index (χ4v) is 2.23. The number of unbranched alkanes of at least 4 members (excludes halogenated alkanes) is 1. The highest BCUT2D eigenvalue weighted by atomic mass is 15.2. The molecule has 0 amide bonds. The van der Waals surface area contributed by atoms with E-state index in [1.165, 1.54) is 6.42 Å². The van der Waals surface area contributed by atoms with Crippen molar-refractivity contribution in [2.45, 2.75) is 64.5 Å². The molecule has 0 saturated carbocycles. The second-order valence-corrected chi connectivity index (χ2v) is 5.21. The first-order chi connectivity index (χ1) is 8.02. The van der Waals surface area contributed by atoms with Gasteiger partial charge in [-0.1, -0.05) is 13.8 Å². The van der Waals surface area contributed by atoms with Crippen LogP contribution >= 0.6 is 0 Å². The molecule has 0 radical (unpaired) electrons. The number of terminal acetylenes is 1. The molecule has 0 spiro atoms. The van der Waals surface area contributed by atoms with Crippen molar-refractivity contribution >= 4 is 0 Å². The summed E-state index contributed by atoms with van der Waals surface area (Å²) in [5.41, 5.74) is 0.212. The van der Waals surface area contributed by atoms with E-state index in [-0.39, 0.29) is 5.54 Å². The summed E-state index contributed by atoms with van der Waals surface area (Å²) in [5.74, 6) is 2.74. The number of rotatable bonds is 9. The summed E-state index contributed by atoms with van der Waals surface area (Å²) in [5, 5.41) is 3.69. The minimum Gasteiger partial charge on any atom is -0.312 e. The zero-order chi connectivity index (χ0) is 13.3. The van der Waals surface area contributed by atoms with E-state index < -0.39 is 0 Å². The van der Waals surface area contributed by atoms with Crippen molar-refractivity contribution in [1.29, 1.82) is 0 Å². The molecule has 2 nitrogen and oxygen atoms in total. The molecule has 0 aliphatic carbocycles. The normalized spacial score (nSPS) is 16.5. The predicted molar refractivity (Wildman–Crippen MR) is 77.1 cm³/mol. The highest BCUT2D eigenvalue weighted by Gasteiger charge is 2.33. The average Bonchev–Trinajstić information content (AvgIpc) is 2.32. The van der Waals surface area contributed by atoms with Gasteiger partial charge in [0.25, 0.3) is 0 Å². The van der Waals surface area contributed by atoms with Gasteiger partial charge in [-0.25, -0.2) is 0 Å². The molecule has 0 aromatic carbocycles. The fourth-order valence-electron chi connectivity index (χ4n) is 2.23. The van der Waals surface area contributed by atoms with Gasteiger partial charge in [-0.2, -0.15) is 0 Å². The Morgan fingerprint density at radius 3 is 2.41 bits per heavy atom. The molecule has 0 fully saturated rings. The summed E-state index contributed by atoms with van der Waals surface area (Å²) in [7, 11) is 4.34. The molecule has 2 atom stereocenters. The molecule has 0 rings (SSSR count). The predicted octanol–water partition coefficient (Wildman–Crippen LogP) is 2.89. The van der Waals surface area contributed by atoms with Crippen LogP contribution in [-0.4, -0.2) is 37.1 Å². The van der Waals surface area contributed by atoms with Gasteiger partial charge in [-0.05, 0) is 53.2 Å².